The summed E-state index contributed by atoms with van der Waals surface area (Å²) in [7, 11) is -1.17. The standard InChI is InChI=1S/C8H19NO2Si/c1-5-6-11-8(10)9-7-12(2,3)4/h5-7H2,1-4H3,(H,9,10). The molecule has 0 aliphatic carbocycles. The number of hydrogen-bond donors (Lipinski definition) is 1. The lowest BCUT2D eigenvalue weighted by Gasteiger charge is -2.15. The molecular formula is C8H19NO2Si. The van der Waals surface area contributed by atoms with Gasteiger partial charge in [-0.25, -0.2) is 4.79 Å². The maximum Gasteiger partial charge on any atom is 0.406 e. The van der Waals surface area contributed by atoms with E-state index in [2.05, 4.69) is 25.0 Å². The SMILES string of the molecule is CCCOC(=O)NC[Si](C)(C)C. The van der Waals surface area contributed by atoms with Crippen molar-refractivity contribution in [3.05, 3.63) is 0 Å². The molecule has 3 nitrogen and oxygen atoms in total. The van der Waals surface area contributed by atoms with Crippen LogP contribution in [0.15, 0.2) is 0 Å². The van der Waals surface area contributed by atoms with Gasteiger partial charge in [-0.05, 0) is 6.42 Å². The molecule has 0 aliphatic rings. The van der Waals surface area contributed by atoms with Crippen molar-refractivity contribution in [2.75, 3.05) is 12.8 Å². The first-order chi connectivity index (χ1) is 5.45. The van der Waals surface area contributed by atoms with Gasteiger partial charge in [-0.15, -0.1) is 0 Å². The molecule has 4 heteroatoms. The number of hydrogen-bond acceptors (Lipinski definition) is 2. The zero-order chi connectivity index (χ0) is 9.61. The van der Waals surface area contributed by atoms with E-state index < -0.39 is 8.07 Å². The Bertz CT molecular complexity index is 142. The van der Waals surface area contributed by atoms with E-state index in [1.165, 1.54) is 0 Å². The summed E-state index contributed by atoms with van der Waals surface area (Å²) in [5.74, 6) is 0. The quantitative estimate of drug-likeness (QED) is 0.687. The molecule has 0 rings (SSSR count). The van der Waals surface area contributed by atoms with Crippen LogP contribution in [0.3, 0.4) is 0 Å². The predicted molar refractivity (Wildman–Crippen MR) is 53.0 cm³/mol. The third-order valence-electron chi connectivity index (χ3n) is 1.20. The van der Waals surface area contributed by atoms with Gasteiger partial charge in [0.05, 0.1) is 14.7 Å². The molecule has 0 saturated heterocycles. The zero-order valence-electron chi connectivity index (χ0n) is 8.44. The first kappa shape index (κ1) is 11.5. The van der Waals surface area contributed by atoms with Crippen molar-refractivity contribution >= 4 is 14.2 Å². The number of carbonyl (C=O) groups excluding carboxylic acids is 1. The average molecular weight is 189 g/mol. The third-order valence-corrected chi connectivity index (χ3v) is 2.44. The van der Waals surface area contributed by atoms with E-state index in [0.29, 0.717) is 6.61 Å². The lowest BCUT2D eigenvalue weighted by Crippen LogP contribution is -2.40. The molecule has 0 atom stereocenters. The van der Waals surface area contributed by atoms with Crippen LogP contribution in [-0.2, 0) is 4.74 Å². The Morgan fingerprint density at radius 3 is 2.42 bits per heavy atom. The van der Waals surface area contributed by atoms with Gasteiger partial charge in [0.1, 0.15) is 0 Å². The van der Waals surface area contributed by atoms with E-state index in [-0.39, 0.29) is 6.09 Å². The fraction of sp³-hybridized carbons (Fsp3) is 0.875. The highest BCUT2D eigenvalue weighted by molar-refractivity contribution is 6.76. The molecule has 0 aromatic heterocycles. The van der Waals surface area contributed by atoms with Gasteiger partial charge in [0, 0.05) is 6.17 Å². The van der Waals surface area contributed by atoms with Crippen LogP contribution in [0.4, 0.5) is 4.79 Å². The van der Waals surface area contributed by atoms with Crippen molar-refractivity contribution in [2.45, 2.75) is 33.0 Å². The van der Waals surface area contributed by atoms with Gasteiger partial charge < -0.3 is 10.1 Å². The highest BCUT2D eigenvalue weighted by Crippen LogP contribution is 1.97. The first-order valence-corrected chi connectivity index (χ1v) is 8.07. The summed E-state index contributed by atoms with van der Waals surface area (Å²) in [6.07, 6.45) is 1.38. The number of amides is 1. The zero-order valence-corrected chi connectivity index (χ0v) is 9.44. The van der Waals surface area contributed by atoms with Gasteiger partial charge in [-0.3, -0.25) is 0 Å². The third kappa shape index (κ3) is 7.59. The number of carbonyl (C=O) groups is 1. The molecule has 0 radical (unpaired) electrons. The van der Waals surface area contributed by atoms with E-state index in [9.17, 15) is 4.79 Å². The van der Waals surface area contributed by atoms with E-state index in [0.717, 1.165) is 12.6 Å². The maximum atomic E-state index is 10.9. The molecule has 12 heavy (non-hydrogen) atoms. The molecule has 72 valence electrons. The molecule has 1 amide bonds. The maximum absolute atomic E-state index is 10.9. The minimum absolute atomic E-state index is 0.278. The van der Waals surface area contributed by atoms with Crippen LogP contribution in [0.1, 0.15) is 13.3 Å². The molecule has 1 N–H and O–H groups in total. The average Bonchev–Trinajstić information content (AvgIpc) is 1.95. The Morgan fingerprint density at radius 2 is 2.00 bits per heavy atom. The Hall–Kier alpha value is -0.513. The Kier molecular flexibility index (Phi) is 4.97. The first-order valence-electron chi connectivity index (χ1n) is 4.36. The summed E-state index contributed by atoms with van der Waals surface area (Å²) in [5, 5.41) is 2.76. The van der Waals surface area contributed by atoms with Gasteiger partial charge in [0.2, 0.25) is 0 Å². The second kappa shape index (κ2) is 5.19. The van der Waals surface area contributed by atoms with E-state index in [4.69, 9.17) is 4.74 Å². The number of rotatable bonds is 4. The highest BCUT2D eigenvalue weighted by Gasteiger charge is 2.14. The number of ether oxygens (including phenoxy) is 1. The van der Waals surface area contributed by atoms with Crippen molar-refractivity contribution in [3.8, 4) is 0 Å². The second-order valence-corrected chi connectivity index (χ2v) is 9.53. The van der Waals surface area contributed by atoms with Crippen LogP contribution in [0.2, 0.25) is 19.6 Å². The summed E-state index contributed by atoms with van der Waals surface area (Å²) in [6.45, 7) is 9.09. The van der Waals surface area contributed by atoms with Gasteiger partial charge in [-0.2, -0.15) is 0 Å². The summed E-state index contributed by atoms with van der Waals surface area (Å²) in [5.41, 5.74) is 0. The molecule has 0 saturated carbocycles. The molecule has 0 heterocycles. The van der Waals surface area contributed by atoms with Crippen LogP contribution in [0.25, 0.3) is 0 Å². The second-order valence-electron chi connectivity index (χ2n) is 4.05. The topological polar surface area (TPSA) is 38.3 Å². The molecule has 0 aliphatic heterocycles. The predicted octanol–water partition coefficient (Wildman–Crippen LogP) is 2.00. The Balaban J connectivity index is 3.44. The summed E-state index contributed by atoms with van der Waals surface area (Å²) in [4.78, 5) is 10.9. The summed E-state index contributed by atoms with van der Waals surface area (Å²) < 4.78 is 4.86. The minimum atomic E-state index is -1.17. The molecule has 0 unspecified atom stereocenters. The molecule has 0 bridgehead atoms. The van der Waals surface area contributed by atoms with Crippen molar-refractivity contribution in [1.29, 1.82) is 0 Å². The van der Waals surface area contributed by atoms with Crippen molar-refractivity contribution in [2.24, 2.45) is 0 Å². The van der Waals surface area contributed by atoms with Crippen LogP contribution < -0.4 is 5.32 Å². The van der Waals surface area contributed by atoms with E-state index in [1.54, 1.807) is 0 Å². The molecule has 0 aromatic carbocycles. The van der Waals surface area contributed by atoms with Gasteiger partial charge >= 0.3 is 6.09 Å². The van der Waals surface area contributed by atoms with Crippen molar-refractivity contribution in [3.63, 3.8) is 0 Å². The number of alkyl carbamates (subject to hydrolysis) is 1. The van der Waals surface area contributed by atoms with E-state index >= 15 is 0 Å². The molecule has 0 fully saturated rings. The molecular weight excluding hydrogens is 170 g/mol. The van der Waals surface area contributed by atoms with E-state index in [1.807, 2.05) is 6.92 Å². The van der Waals surface area contributed by atoms with Crippen LogP contribution in [0.5, 0.6) is 0 Å². The summed E-state index contributed by atoms with van der Waals surface area (Å²) in [6, 6.07) is 0. The molecule has 0 spiro atoms. The smallest absolute Gasteiger partial charge is 0.406 e. The van der Waals surface area contributed by atoms with Crippen LogP contribution in [-0.4, -0.2) is 26.9 Å². The normalized spacial score (nSPS) is 11.0. The largest absolute Gasteiger partial charge is 0.450 e. The lowest BCUT2D eigenvalue weighted by atomic mass is 10.5. The monoisotopic (exact) mass is 189 g/mol. The summed E-state index contributed by atoms with van der Waals surface area (Å²) >= 11 is 0. The Morgan fingerprint density at radius 1 is 1.42 bits per heavy atom. The Labute approximate surface area is 75.5 Å². The highest BCUT2D eigenvalue weighted by atomic mass is 28.3. The van der Waals surface area contributed by atoms with Gasteiger partial charge in [-0.1, -0.05) is 26.6 Å². The fourth-order valence-electron chi connectivity index (χ4n) is 0.583. The molecule has 0 aromatic rings. The van der Waals surface area contributed by atoms with Crippen molar-refractivity contribution < 1.29 is 9.53 Å². The van der Waals surface area contributed by atoms with Gasteiger partial charge in [0.25, 0.3) is 0 Å². The lowest BCUT2D eigenvalue weighted by molar-refractivity contribution is 0.148. The van der Waals surface area contributed by atoms with Crippen LogP contribution in [0, 0.1) is 0 Å². The van der Waals surface area contributed by atoms with Crippen LogP contribution >= 0.6 is 0 Å². The van der Waals surface area contributed by atoms with Gasteiger partial charge in [0.15, 0.2) is 0 Å². The minimum Gasteiger partial charge on any atom is -0.450 e. The fourth-order valence-corrected chi connectivity index (χ4v) is 1.26. The van der Waals surface area contributed by atoms with Crippen molar-refractivity contribution in [1.82, 2.24) is 5.32 Å². The number of nitrogens with one attached hydrogen (secondary N) is 1.